The van der Waals surface area contributed by atoms with Gasteiger partial charge in [-0.3, -0.25) is 4.79 Å². The lowest BCUT2D eigenvalue weighted by Crippen LogP contribution is -2.53. The van der Waals surface area contributed by atoms with Crippen LogP contribution < -0.4 is 10.6 Å². The molecule has 0 aliphatic carbocycles. The highest BCUT2D eigenvalue weighted by molar-refractivity contribution is 5.87. The minimum absolute atomic E-state index is 0.220. The summed E-state index contributed by atoms with van der Waals surface area (Å²) in [5.41, 5.74) is -0.0461. The van der Waals surface area contributed by atoms with Gasteiger partial charge in [-0.1, -0.05) is 36.9 Å². The van der Waals surface area contributed by atoms with Gasteiger partial charge in [0.2, 0.25) is 5.91 Å². The molecule has 1 aromatic carbocycles. The molecule has 2 rings (SSSR count). The number of methoxy groups -OCH3 is 1. The summed E-state index contributed by atoms with van der Waals surface area (Å²) in [6.07, 6.45) is 2.64. The third kappa shape index (κ3) is 10.2. The van der Waals surface area contributed by atoms with Gasteiger partial charge in [0.1, 0.15) is 0 Å². The summed E-state index contributed by atoms with van der Waals surface area (Å²) in [4.78, 5) is 12.0. The van der Waals surface area contributed by atoms with E-state index in [1.807, 2.05) is 48.9 Å². The number of aromatic nitrogens is 4. The number of nitrogens with one attached hydrogen (secondary N) is 2. The highest BCUT2D eigenvalue weighted by Crippen LogP contribution is 2.29. The molecule has 1 heterocycles. The van der Waals surface area contributed by atoms with Crippen LogP contribution in [0.5, 0.6) is 0 Å². The molecule has 1 unspecified atom stereocenters. The summed E-state index contributed by atoms with van der Waals surface area (Å²) < 4.78 is 17.8. The van der Waals surface area contributed by atoms with Crippen LogP contribution >= 0.6 is 0 Å². The van der Waals surface area contributed by atoms with Crippen molar-refractivity contribution < 1.29 is 19.0 Å². The molecule has 2 aromatic rings. The topological polar surface area (TPSA) is 112 Å². The van der Waals surface area contributed by atoms with E-state index in [0.717, 1.165) is 12.0 Å². The molecule has 35 heavy (non-hydrogen) atoms. The quantitative estimate of drug-likeness (QED) is 0.242. The van der Waals surface area contributed by atoms with E-state index >= 15 is 0 Å². The third-order valence-corrected chi connectivity index (χ3v) is 5.43. The molecule has 0 saturated carbocycles. The second-order valence-electron chi connectivity index (χ2n) is 9.23. The zero-order valence-corrected chi connectivity index (χ0v) is 21.5. The Bertz CT molecular complexity index is 889. The molecule has 0 bridgehead atoms. The van der Waals surface area contributed by atoms with Crippen molar-refractivity contribution in [1.82, 2.24) is 30.8 Å². The summed E-state index contributed by atoms with van der Waals surface area (Å²) in [6, 6.07) is 10.1. The van der Waals surface area contributed by atoms with E-state index < -0.39 is 11.1 Å². The maximum atomic E-state index is 12.0. The van der Waals surface area contributed by atoms with Crippen LogP contribution in [0, 0.1) is 0 Å². The molecule has 10 nitrogen and oxygen atoms in total. The molecule has 0 spiro atoms. The van der Waals surface area contributed by atoms with Crippen molar-refractivity contribution >= 4 is 5.91 Å². The van der Waals surface area contributed by atoms with Crippen LogP contribution in [0.2, 0.25) is 0 Å². The van der Waals surface area contributed by atoms with E-state index in [4.69, 9.17) is 14.2 Å². The largest absolute Gasteiger partial charge is 0.382 e. The fourth-order valence-corrected chi connectivity index (χ4v) is 4.00. The first-order valence-corrected chi connectivity index (χ1v) is 11.9. The van der Waals surface area contributed by atoms with E-state index in [0.29, 0.717) is 58.4 Å². The van der Waals surface area contributed by atoms with Crippen LogP contribution in [-0.2, 0) is 31.1 Å². The lowest BCUT2D eigenvalue weighted by atomic mass is 9.84. The zero-order valence-electron chi connectivity index (χ0n) is 21.5. The molecular weight excluding hydrogens is 448 g/mol. The first-order chi connectivity index (χ1) is 16.8. The van der Waals surface area contributed by atoms with Gasteiger partial charge in [0.25, 0.3) is 0 Å². The Labute approximate surface area is 208 Å². The molecule has 0 aliphatic rings. The molecule has 194 valence electrons. The van der Waals surface area contributed by atoms with Gasteiger partial charge in [-0.2, -0.15) is 0 Å². The van der Waals surface area contributed by atoms with Crippen LogP contribution in [0.4, 0.5) is 0 Å². The van der Waals surface area contributed by atoms with Crippen molar-refractivity contribution in [3.8, 4) is 0 Å². The fraction of sp³-hybridized carbons (Fsp3) is 0.600. The Kier molecular flexibility index (Phi) is 12.0. The summed E-state index contributed by atoms with van der Waals surface area (Å²) in [5, 5.41) is 19.2. The molecular formula is C25H40N6O4. The summed E-state index contributed by atoms with van der Waals surface area (Å²) in [5.74, 6) is 0.483. The highest BCUT2D eigenvalue weighted by atomic mass is 16.5. The normalized spacial score (nSPS) is 13.4. The number of tetrazole rings is 1. The van der Waals surface area contributed by atoms with E-state index in [1.54, 1.807) is 7.11 Å². The zero-order chi connectivity index (χ0) is 25.6. The first-order valence-electron chi connectivity index (χ1n) is 11.9. The van der Waals surface area contributed by atoms with Gasteiger partial charge in [-0.25, -0.2) is 4.68 Å². The standard InChI is InChI=1S/C25H40N6O4/c1-6-22(32)27-24(2,3)20-25(4,26-13-10-14-34-17-18-35-16-15-33-5)23-28-29-30-31(23)19-21-11-8-7-9-12-21/h6-9,11-12,26H,1,10,13-20H2,2-5H3,(H,27,32). The number of amides is 1. The highest BCUT2D eigenvalue weighted by Gasteiger charge is 2.38. The van der Waals surface area contributed by atoms with E-state index in [1.165, 1.54) is 6.08 Å². The minimum Gasteiger partial charge on any atom is -0.382 e. The number of hydrogen-bond acceptors (Lipinski definition) is 8. The van der Waals surface area contributed by atoms with E-state index in [-0.39, 0.29) is 5.91 Å². The van der Waals surface area contributed by atoms with Crippen molar-refractivity contribution in [2.24, 2.45) is 0 Å². The van der Waals surface area contributed by atoms with Gasteiger partial charge in [0, 0.05) is 19.3 Å². The number of ether oxygens (including phenoxy) is 3. The van der Waals surface area contributed by atoms with Gasteiger partial charge < -0.3 is 24.8 Å². The van der Waals surface area contributed by atoms with Crippen molar-refractivity contribution in [1.29, 1.82) is 0 Å². The van der Waals surface area contributed by atoms with Gasteiger partial charge in [0.05, 0.1) is 38.5 Å². The smallest absolute Gasteiger partial charge is 0.243 e. The number of benzene rings is 1. The second kappa shape index (κ2) is 14.7. The molecule has 1 amide bonds. The van der Waals surface area contributed by atoms with Gasteiger partial charge in [0.15, 0.2) is 5.82 Å². The number of carbonyl (C=O) groups is 1. The monoisotopic (exact) mass is 488 g/mol. The van der Waals surface area contributed by atoms with Crippen molar-refractivity contribution in [3.63, 3.8) is 0 Å². The molecule has 1 atom stereocenters. The number of hydrogen-bond donors (Lipinski definition) is 2. The molecule has 2 N–H and O–H groups in total. The van der Waals surface area contributed by atoms with E-state index in [2.05, 4.69) is 39.7 Å². The van der Waals surface area contributed by atoms with Crippen LogP contribution in [0.25, 0.3) is 0 Å². The number of carbonyl (C=O) groups excluding carboxylic acids is 1. The lowest BCUT2D eigenvalue weighted by molar-refractivity contribution is -0.118. The van der Waals surface area contributed by atoms with Crippen molar-refractivity contribution in [2.75, 3.05) is 46.7 Å². The van der Waals surface area contributed by atoms with Crippen molar-refractivity contribution in [2.45, 2.75) is 51.2 Å². The predicted molar refractivity (Wildman–Crippen MR) is 134 cm³/mol. The van der Waals surface area contributed by atoms with Gasteiger partial charge in [-0.15, -0.1) is 5.10 Å². The molecule has 0 fully saturated rings. The number of nitrogens with zero attached hydrogens (tertiary/aromatic N) is 4. The summed E-state index contributed by atoms with van der Waals surface area (Å²) in [7, 11) is 1.65. The minimum atomic E-state index is -0.612. The Morgan fingerprint density at radius 1 is 1.09 bits per heavy atom. The molecule has 0 radical (unpaired) electrons. The summed E-state index contributed by atoms with van der Waals surface area (Å²) in [6.45, 7) is 13.6. The van der Waals surface area contributed by atoms with Crippen LogP contribution in [0.1, 0.15) is 45.0 Å². The van der Waals surface area contributed by atoms with Crippen LogP contribution in [0.15, 0.2) is 43.0 Å². The molecule has 10 heteroatoms. The Balaban J connectivity index is 2.03. The average Bonchev–Trinajstić information content (AvgIpc) is 3.29. The number of rotatable bonds is 18. The average molecular weight is 489 g/mol. The first kappa shape index (κ1) is 28.6. The predicted octanol–water partition coefficient (Wildman–Crippen LogP) is 2.07. The Morgan fingerprint density at radius 3 is 2.46 bits per heavy atom. The van der Waals surface area contributed by atoms with Crippen LogP contribution in [-0.4, -0.2) is 78.3 Å². The van der Waals surface area contributed by atoms with Gasteiger partial charge >= 0.3 is 0 Å². The van der Waals surface area contributed by atoms with Gasteiger partial charge in [-0.05, 0) is 62.2 Å². The SMILES string of the molecule is C=CC(=O)NC(C)(C)CC(C)(NCCCOCCOCCOC)c1nnnn1Cc1ccccc1. The third-order valence-electron chi connectivity index (χ3n) is 5.43. The van der Waals surface area contributed by atoms with Crippen molar-refractivity contribution in [3.05, 3.63) is 54.4 Å². The fourth-order valence-electron chi connectivity index (χ4n) is 4.00. The molecule has 0 saturated heterocycles. The van der Waals surface area contributed by atoms with E-state index in [9.17, 15) is 4.79 Å². The molecule has 0 aliphatic heterocycles. The summed E-state index contributed by atoms with van der Waals surface area (Å²) >= 11 is 0. The van der Waals surface area contributed by atoms with Crippen LogP contribution in [0.3, 0.4) is 0 Å². The molecule has 1 aromatic heterocycles. The maximum absolute atomic E-state index is 12.0. The Morgan fingerprint density at radius 2 is 1.77 bits per heavy atom. The Hall–Kier alpha value is -2.66. The lowest BCUT2D eigenvalue weighted by Gasteiger charge is -2.38. The maximum Gasteiger partial charge on any atom is 0.243 e. The second-order valence-corrected chi connectivity index (χ2v) is 9.23.